The molecule has 22 heavy (non-hydrogen) atoms. The number of carbonyl (C=O) groups is 1. The SMILES string of the molecule is O=C(C[C@H]1C[C@H]2CC[C@@H]1C2)OCc1nc(-c2cccs2)no1. The van der Waals surface area contributed by atoms with Crippen molar-refractivity contribution in [2.75, 3.05) is 0 Å². The lowest BCUT2D eigenvalue weighted by Gasteiger charge is -2.20. The summed E-state index contributed by atoms with van der Waals surface area (Å²) in [6.45, 7) is 0.0675. The predicted octanol–water partition coefficient (Wildman–Crippen LogP) is 3.67. The third-order valence-electron chi connectivity index (χ3n) is 4.88. The third-order valence-corrected chi connectivity index (χ3v) is 5.75. The molecule has 0 aromatic carbocycles. The van der Waals surface area contributed by atoms with Crippen LogP contribution in [0.2, 0.25) is 0 Å². The molecule has 2 bridgehead atoms. The van der Waals surface area contributed by atoms with Crippen molar-refractivity contribution in [3.63, 3.8) is 0 Å². The Kier molecular flexibility index (Phi) is 3.70. The van der Waals surface area contributed by atoms with Crippen LogP contribution in [0.4, 0.5) is 0 Å². The second kappa shape index (κ2) is 5.83. The predicted molar refractivity (Wildman–Crippen MR) is 81.0 cm³/mol. The lowest BCUT2D eigenvalue weighted by molar-refractivity contribution is -0.147. The van der Waals surface area contributed by atoms with E-state index in [1.165, 1.54) is 25.7 Å². The third kappa shape index (κ3) is 2.79. The van der Waals surface area contributed by atoms with E-state index in [-0.39, 0.29) is 12.6 Å². The van der Waals surface area contributed by atoms with Crippen LogP contribution < -0.4 is 0 Å². The van der Waals surface area contributed by atoms with Crippen molar-refractivity contribution < 1.29 is 14.1 Å². The summed E-state index contributed by atoms with van der Waals surface area (Å²) in [5.74, 6) is 2.88. The van der Waals surface area contributed by atoms with Gasteiger partial charge in [-0.25, -0.2) is 0 Å². The Morgan fingerprint density at radius 1 is 1.41 bits per heavy atom. The Balaban J connectivity index is 1.28. The molecular formula is C16H18N2O3S. The van der Waals surface area contributed by atoms with Crippen molar-refractivity contribution in [3.05, 3.63) is 23.4 Å². The molecule has 2 aliphatic rings. The second-order valence-corrected chi connectivity index (χ2v) is 7.24. The van der Waals surface area contributed by atoms with Crippen LogP contribution >= 0.6 is 11.3 Å². The maximum Gasteiger partial charge on any atom is 0.306 e. The molecule has 0 aliphatic heterocycles. The molecule has 2 aromatic heterocycles. The maximum atomic E-state index is 12.0. The van der Waals surface area contributed by atoms with Gasteiger partial charge in [-0.1, -0.05) is 17.6 Å². The van der Waals surface area contributed by atoms with Crippen LogP contribution in [0.15, 0.2) is 22.0 Å². The first-order valence-corrected chi connectivity index (χ1v) is 8.68. The van der Waals surface area contributed by atoms with E-state index >= 15 is 0 Å². The molecule has 4 rings (SSSR count). The van der Waals surface area contributed by atoms with Crippen LogP contribution in [0.1, 0.15) is 38.0 Å². The molecular weight excluding hydrogens is 300 g/mol. The average Bonchev–Trinajstić information content (AvgIpc) is 3.27. The molecule has 3 atom stereocenters. The van der Waals surface area contributed by atoms with Crippen LogP contribution in [-0.4, -0.2) is 16.1 Å². The molecule has 2 aliphatic carbocycles. The summed E-state index contributed by atoms with van der Waals surface area (Å²) in [6.07, 6.45) is 5.68. The number of esters is 1. The normalized spacial score (nSPS) is 26.5. The summed E-state index contributed by atoms with van der Waals surface area (Å²) in [5, 5.41) is 5.86. The monoisotopic (exact) mass is 318 g/mol. The minimum Gasteiger partial charge on any atom is -0.456 e. The lowest BCUT2D eigenvalue weighted by Crippen LogP contribution is -2.17. The van der Waals surface area contributed by atoms with Crippen molar-refractivity contribution >= 4 is 17.3 Å². The van der Waals surface area contributed by atoms with Gasteiger partial charge in [-0.15, -0.1) is 11.3 Å². The molecule has 2 heterocycles. The standard InChI is InChI=1S/C16H18N2O3S/c19-15(8-12-7-10-3-4-11(12)6-10)20-9-14-17-16(18-21-14)13-2-1-5-22-13/h1-2,5,10-12H,3-4,6-9H2/t10-,11+,12+/m0/s1. The zero-order valence-electron chi connectivity index (χ0n) is 12.2. The quantitative estimate of drug-likeness (QED) is 0.787. The highest BCUT2D eigenvalue weighted by Gasteiger charge is 2.40. The van der Waals surface area contributed by atoms with Gasteiger partial charge in [-0.2, -0.15) is 4.98 Å². The molecule has 6 heteroatoms. The summed E-state index contributed by atoms with van der Waals surface area (Å²) in [4.78, 5) is 17.2. The van der Waals surface area contributed by atoms with Gasteiger partial charge in [0, 0.05) is 6.42 Å². The van der Waals surface area contributed by atoms with Gasteiger partial charge >= 0.3 is 5.97 Å². The lowest BCUT2D eigenvalue weighted by atomic mass is 9.86. The van der Waals surface area contributed by atoms with Crippen molar-refractivity contribution in [2.45, 2.75) is 38.7 Å². The van der Waals surface area contributed by atoms with Gasteiger partial charge in [-0.05, 0) is 48.5 Å². The van der Waals surface area contributed by atoms with Gasteiger partial charge in [0.25, 0.3) is 5.89 Å². The molecule has 0 amide bonds. The van der Waals surface area contributed by atoms with Gasteiger partial charge in [-0.3, -0.25) is 4.79 Å². The van der Waals surface area contributed by atoms with Gasteiger partial charge < -0.3 is 9.26 Å². The van der Waals surface area contributed by atoms with Crippen LogP contribution in [0.3, 0.4) is 0 Å². The largest absolute Gasteiger partial charge is 0.456 e. The van der Waals surface area contributed by atoms with Crippen molar-refractivity contribution in [1.82, 2.24) is 10.1 Å². The number of thiophene rings is 1. The van der Waals surface area contributed by atoms with Crippen molar-refractivity contribution in [2.24, 2.45) is 17.8 Å². The molecule has 116 valence electrons. The van der Waals surface area contributed by atoms with E-state index < -0.39 is 0 Å². The average molecular weight is 318 g/mol. The van der Waals surface area contributed by atoms with Crippen LogP contribution in [0.25, 0.3) is 10.7 Å². The molecule has 0 radical (unpaired) electrons. The Morgan fingerprint density at radius 3 is 3.09 bits per heavy atom. The number of ether oxygens (including phenoxy) is 1. The first kappa shape index (κ1) is 13.9. The molecule has 5 nitrogen and oxygen atoms in total. The molecule has 0 saturated heterocycles. The van der Waals surface area contributed by atoms with Gasteiger partial charge in [0.15, 0.2) is 6.61 Å². The molecule has 0 unspecified atom stereocenters. The summed E-state index contributed by atoms with van der Waals surface area (Å²) in [6, 6.07) is 3.87. The summed E-state index contributed by atoms with van der Waals surface area (Å²) in [5.41, 5.74) is 0. The highest BCUT2D eigenvalue weighted by atomic mass is 32.1. The van der Waals surface area contributed by atoms with E-state index in [2.05, 4.69) is 10.1 Å². The number of hydrogen-bond acceptors (Lipinski definition) is 6. The van der Waals surface area contributed by atoms with E-state index in [4.69, 9.17) is 9.26 Å². The first-order chi connectivity index (χ1) is 10.8. The molecule has 2 fully saturated rings. The fraction of sp³-hybridized carbons (Fsp3) is 0.562. The number of rotatable bonds is 5. The van der Waals surface area contributed by atoms with E-state index in [0.717, 1.165) is 16.7 Å². The molecule has 0 N–H and O–H groups in total. The minimum atomic E-state index is -0.145. The fourth-order valence-electron chi connectivity index (χ4n) is 3.86. The van der Waals surface area contributed by atoms with Gasteiger partial charge in [0.2, 0.25) is 5.82 Å². The minimum absolute atomic E-state index is 0.0675. The maximum absolute atomic E-state index is 12.0. The second-order valence-electron chi connectivity index (χ2n) is 6.29. The Labute approximate surface area is 132 Å². The zero-order valence-corrected chi connectivity index (χ0v) is 13.1. The molecule has 0 spiro atoms. The van der Waals surface area contributed by atoms with Gasteiger partial charge in [0.05, 0.1) is 4.88 Å². The van der Waals surface area contributed by atoms with E-state index in [0.29, 0.717) is 24.1 Å². The Morgan fingerprint density at radius 2 is 2.36 bits per heavy atom. The van der Waals surface area contributed by atoms with Crippen molar-refractivity contribution in [3.8, 4) is 10.7 Å². The summed E-state index contributed by atoms with van der Waals surface area (Å²) >= 11 is 1.55. The van der Waals surface area contributed by atoms with Crippen LogP contribution in [-0.2, 0) is 16.1 Å². The van der Waals surface area contributed by atoms with Gasteiger partial charge in [0.1, 0.15) is 0 Å². The topological polar surface area (TPSA) is 65.2 Å². The number of fused-ring (bicyclic) bond motifs is 2. The number of nitrogens with zero attached hydrogens (tertiary/aromatic N) is 2. The molecule has 2 saturated carbocycles. The Bertz CT molecular complexity index is 652. The number of hydrogen-bond donors (Lipinski definition) is 0. The van der Waals surface area contributed by atoms with Crippen LogP contribution in [0, 0.1) is 17.8 Å². The number of carbonyl (C=O) groups excluding carboxylic acids is 1. The first-order valence-electron chi connectivity index (χ1n) is 7.80. The fourth-order valence-corrected chi connectivity index (χ4v) is 4.51. The highest BCUT2D eigenvalue weighted by Crippen LogP contribution is 2.49. The summed E-state index contributed by atoms with van der Waals surface area (Å²) < 4.78 is 10.4. The number of aromatic nitrogens is 2. The Hall–Kier alpha value is -1.69. The van der Waals surface area contributed by atoms with E-state index in [9.17, 15) is 4.79 Å². The molecule has 2 aromatic rings. The van der Waals surface area contributed by atoms with Crippen LogP contribution in [0.5, 0.6) is 0 Å². The summed E-state index contributed by atoms with van der Waals surface area (Å²) in [7, 11) is 0. The zero-order chi connectivity index (χ0) is 14.9. The smallest absolute Gasteiger partial charge is 0.306 e. The van der Waals surface area contributed by atoms with Crippen molar-refractivity contribution in [1.29, 1.82) is 0 Å². The van der Waals surface area contributed by atoms with E-state index in [1.54, 1.807) is 11.3 Å². The highest BCUT2D eigenvalue weighted by molar-refractivity contribution is 7.13. The van der Waals surface area contributed by atoms with E-state index in [1.807, 2.05) is 17.5 Å².